The summed E-state index contributed by atoms with van der Waals surface area (Å²) in [5, 5.41) is 0. The number of hydrogen-bond acceptors (Lipinski definition) is 4. The lowest BCUT2D eigenvalue weighted by Crippen LogP contribution is -2.22. The molecular weight excluding hydrogens is 254 g/mol. The number of nitrogens with two attached hydrogens (primary N) is 1. The van der Waals surface area contributed by atoms with Gasteiger partial charge in [-0.2, -0.15) is 0 Å². The van der Waals surface area contributed by atoms with Crippen LogP contribution in [0.5, 0.6) is 11.5 Å². The number of hydrogen-bond donors (Lipinski definition) is 1. The van der Waals surface area contributed by atoms with Crippen molar-refractivity contribution in [2.24, 2.45) is 5.73 Å². The van der Waals surface area contributed by atoms with E-state index in [1.807, 2.05) is 19.1 Å². The van der Waals surface area contributed by atoms with Gasteiger partial charge in [-0.1, -0.05) is 19.1 Å². The first-order chi connectivity index (χ1) is 8.08. The molecule has 1 atom stereocenters. The first-order valence-electron chi connectivity index (χ1n) is 5.68. The van der Waals surface area contributed by atoms with Crippen molar-refractivity contribution in [2.45, 2.75) is 32.7 Å². The fourth-order valence-electron chi connectivity index (χ4n) is 1.57. The van der Waals surface area contributed by atoms with Crippen LogP contribution in [-0.4, -0.2) is 19.1 Å². The van der Waals surface area contributed by atoms with Gasteiger partial charge in [-0.15, -0.1) is 12.4 Å². The van der Waals surface area contributed by atoms with Gasteiger partial charge in [-0.3, -0.25) is 4.79 Å². The molecule has 0 amide bonds. The molecule has 1 aromatic rings. The molecule has 0 aliphatic rings. The molecule has 2 N–H and O–H groups in total. The maximum atomic E-state index is 11.1. The van der Waals surface area contributed by atoms with Crippen LogP contribution in [-0.2, 0) is 11.2 Å². The fraction of sp³-hybridized carbons (Fsp3) is 0.462. The number of methoxy groups -OCH3 is 1. The smallest absolute Gasteiger partial charge is 0.308 e. The highest BCUT2D eigenvalue weighted by molar-refractivity contribution is 5.85. The first kappa shape index (κ1) is 16.7. The van der Waals surface area contributed by atoms with E-state index in [-0.39, 0.29) is 24.4 Å². The lowest BCUT2D eigenvalue weighted by atomic mass is 10.0. The highest BCUT2D eigenvalue weighted by Gasteiger charge is 2.14. The predicted molar refractivity (Wildman–Crippen MR) is 73.5 cm³/mol. The van der Waals surface area contributed by atoms with Crippen molar-refractivity contribution in [3.8, 4) is 11.5 Å². The molecule has 0 fully saturated rings. The van der Waals surface area contributed by atoms with Crippen molar-refractivity contribution in [1.82, 2.24) is 0 Å². The second-order valence-corrected chi connectivity index (χ2v) is 3.91. The largest absolute Gasteiger partial charge is 0.493 e. The highest BCUT2D eigenvalue weighted by Crippen LogP contribution is 2.32. The Bertz CT molecular complexity index is 396. The maximum absolute atomic E-state index is 11.1. The Balaban J connectivity index is 0.00000289. The van der Waals surface area contributed by atoms with E-state index in [1.165, 1.54) is 6.92 Å². The van der Waals surface area contributed by atoms with Gasteiger partial charge in [0.15, 0.2) is 11.5 Å². The quantitative estimate of drug-likeness (QED) is 0.661. The summed E-state index contributed by atoms with van der Waals surface area (Å²) in [5.41, 5.74) is 6.81. The van der Waals surface area contributed by atoms with Crippen LogP contribution < -0.4 is 15.2 Å². The molecule has 0 spiro atoms. The molecule has 1 aromatic carbocycles. The van der Waals surface area contributed by atoms with Gasteiger partial charge >= 0.3 is 5.97 Å². The number of carbonyl (C=O) groups is 1. The van der Waals surface area contributed by atoms with Crippen molar-refractivity contribution in [3.05, 3.63) is 23.8 Å². The van der Waals surface area contributed by atoms with Crippen LogP contribution in [0.15, 0.2) is 18.2 Å². The topological polar surface area (TPSA) is 61.6 Å². The average molecular weight is 274 g/mol. The van der Waals surface area contributed by atoms with E-state index < -0.39 is 0 Å². The zero-order chi connectivity index (χ0) is 12.8. The number of benzene rings is 1. The zero-order valence-corrected chi connectivity index (χ0v) is 11.8. The third-order valence-electron chi connectivity index (χ3n) is 2.53. The van der Waals surface area contributed by atoms with E-state index in [0.717, 1.165) is 12.0 Å². The Labute approximate surface area is 114 Å². The van der Waals surface area contributed by atoms with Gasteiger partial charge in [0.1, 0.15) is 0 Å². The summed E-state index contributed by atoms with van der Waals surface area (Å²) in [6, 6.07) is 5.58. The molecule has 0 bridgehead atoms. The monoisotopic (exact) mass is 273 g/mol. The van der Waals surface area contributed by atoms with E-state index in [0.29, 0.717) is 17.9 Å². The lowest BCUT2D eigenvalue weighted by Gasteiger charge is -2.15. The summed E-state index contributed by atoms with van der Waals surface area (Å²) in [5.74, 6) is 0.674. The molecule has 0 radical (unpaired) electrons. The summed E-state index contributed by atoms with van der Waals surface area (Å²) >= 11 is 0. The van der Waals surface area contributed by atoms with Crippen LogP contribution in [0.3, 0.4) is 0 Å². The molecule has 0 aromatic heterocycles. The van der Waals surface area contributed by atoms with Crippen molar-refractivity contribution >= 4 is 18.4 Å². The van der Waals surface area contributed by atoms with E-state index in [2.05, 4.69) is 0 Å². The van der Waals surface area contributed by atoms with Crippen LogP contribution in [0.1, 0.15) is 25.8 Å². The number of ether oxygens (including phenoxy) is 2. The minimum Gasteiger partial charge on any atom is -0.493 e. The molecule has 0 aliphatic heterocycles. The summed E-state index contributed by atoms with van der Waals surface area (Å²) < 4.78 is 10.4. The summed E-state index contributed by atoms with van der Waals surface area (Å²) in [6.07, 6.45) is 1.53. The summed E-state index contributed by atoms with van der Waals surface area (Å²) in [4.78, 5) is 11.1. The van der Waals surface area contributed by atoms with Crippen LogP contribution in [0.25, 0.3) is 0 Å². The molecule has 0 heterocycles. The lowest BCUT2D eigenvalue weighted by molar-refractivity contribution is -0.132. The number of halogens is 1. The van der Waals surface area contributed by atoms with Crippen LogP contribution in [0.4, 0.5) is 0 Å². The van der Waals surface area contributed by atoms with E-state index >= 15 is 0 Å². The minimum absolute atomic E-state index is 0. The van der Waals surface area contributed by atoms with Crippen molar-refractivity contribution in [2.75, 3.05) is 7.11 Å². The molecule has 4 nitrogen and oxygen atoms in total. The second kappa shape index (κ2) is 7.95. The zero-order valence-electron chi connectivity index (χ0n) is 10.9. The van der Waals surface area contributed by atoms with E-state index in [4.69, 9.17) is 15.2 Å². The van der Waals surface area contributed by atoms with Crippen molar-refractivity contribution in [3.63, 3.8) is 0 Å². The number of esters is 1. The van der Waals surface area contributed by atoms with Gasteiger partial charge in [0.05, 0.1) is 7.11 Å². The minimum atomic E-state index is -0.360. The molecule has 0 saturated heterocycles. The SMILES string of the molecule is CCC(N)Cc1cccc(OC)c1OC(C)=O.Cl. The molecule has 18 heavy (non-hydrogen) atoms. The Morgan fingerprint density at radius 2 is 2.11 bits per heavy atom. The Morgan fingerprint density at radius 1 is 1.44 bits per heavy atom. The number of rotatable bonds is 5. The molecule has 1 rings (SSSR count). The number of carbonyl (C=O) groups excluding carboxylic acids is 1. The Kier molecular flexibility index (Phi) is 7.39. The summed E-state index contributed by atoms with van der Waals surface area (Å²) in [7, 11) is 1.55. The molecule has 102 valence electrons. The van der Waals surface area contributed by atoms with Crippen molar-refractivity contribution < 1.29 is 14.3 Å². The van der Waals surface area contributed by atoms with E-state index in [1.54, 1.807) is 13.2 Å². The van der Waals surface area contributed by atoms with E-state index in [9.17, 15) is 4.79 Å². The van der Waals surface area contributed by atoms with Crippen LogP contribution in [0.2, 0.25) is 0 Å². The normalized spacial score (nSPS) is 11.3. The van der Waals surface area contributed by atoms with Gasteiger partial charge < -0.3 is 15.2 Å². The first-order valence-corrected chi connectivity index (χ1v) is 5.68. The van der Waals surface area contributed by atoms with Gasteiger partial charge in [0, 0.05) is 18.5 Å². The van der Waals surface area contributed by atoms with Gasteiger partial charge in [-0.05, 0) is 18.9 Å². The van der Waals surface area contributed by atoms with Crippen LogP contribution >= 0.6 is 12.4 Å². The Hall–Kier alpha value is -1.26. The third-order valence-corrected chi connectivity index (χ3v) is 2.53. The van der Waals surface area contributed by atoms with Gasteiger partial charge in [0.25, 0.3) is 0 Å². The Morgan fingerprint density at radius 3 is 2.61 bits per heavy atom. The third kappa shape index (κ3) is 4.55. The highest BCUT2D eigenvalue weighted by atomic mass is 35.5. The second-order valence-electron chi connectivity index (χ2n) is 3.91. The van der Waals surface area contributed by atoms with Crippen molar-refractivity contribution in [1.29, 1.82) is 0 Å². The molecular formula is C13H20ClNO3. The molecule has 5 heteroatoms. The van der Waals surface area contributed by atoms with Crippen LogP contribution in [0, 0.1) is 0 Å². The summed E-state index contributed by atoms with van der Waals surface area (Å²) in [6.45, 7) is 3.40. The molecule has 0 aliphatic carbocycles. The molecule has 0 saturated carbocycles. The number of para-hydroxylation sites is 1. The van der Waals surface area contributed by atoms with Gasteiger partial charge in [-0.25, -0.2) is 0 Å². The van der Waals surface area contributed by atoms with Gasteiger partial charge in [0.2, 0.25) is 0 Å². The standard InChI is InChI=1S/C13H19NO3.ClH/c1-4-11(14)8-10-6-5-7-12(16-3)13(10)17-9(2)15;/h5-7,11H,4,8,14H2,1-3H3;1H. The molecule has 1 unspecified atom stereocenters. The predicted octanol–water partition coefficient (Wildman–Crippen LogP) is 2.32. The average Bonchev–Trinajstić information content (AvgIpc) is 2.30. The maximum Gasteiger partial charge on any atom is 0.308 e. The fourth-order valence-corrected chi connectivity index (χ4v) is 1.57.